The molecule has 0 aliphatic carbocycles. The number of piperidine rings is 1. The molecular weight excluding hydrogens is 241 g/mol. The average molecular weight is 261 g/mol. The van der Waals surface area contributed by atoms with Crippen molar-refractivity contribution < 1.29 is 4.39 Å². The second-order valence-corrected chi connectivity index (χ2v) is 5.39. The fraction of sp³-hybridized carbons (Fsp3) is 0.533. The minimum absolute atomic E-state index is 0.275. The van der Waals surface area contributed by atoms with Gasteiger partial charge in [0.1, 0.15) is 5.82 Å². The Morgan fingerprint density at radius 3 is 3.00 bits per heavy atom. The van der Waals surface area contributed by atoms with Crippen molar-refractivity contribution in [3.8, 4) is 6.07 Å². The molecule has 0 amide bonds. The Labute approximate surface area is 114 Å². The van der Waals surface area contributed by atoms with Crippen LogP contribution in [0, 0.1) is 17.1 Å². The lowest BCUT2D eigenvalue weighted by Crippen LogP contribution is -2.44. The monoisotopic (exact) mass is 261 g/mol. The van der Waals surface area contributed by atoms with E-state index in [2.05, 4.69) is 30.0 Å². The van der Waals surface area contributed by atoms with Crippen molar-refractivity contribution in [1.82, 2.24) is 9.80 Å². The van der Waals surface area contributed by atoms with Gasteiger partial charge in [-0.2, -0.15) is 5.26 Å². The van der Waals surface area contributed by atoms with Crippen LogP contribution in [-0.4, -0.2) is 43.0 Å². The van der Waals surface area contributed by atoms with Crippen LogP contribution in [-0.2, 0) is 6.54 Å². The summed E-state index contributed by atoms with van der Waals surface area (Å²) in [7, 11) is 4.18. The maximum atomic E-state index is 13.3. The van der Waals surface area contributed by atoms with E-state index >= 15 is 0 Å². The van der Waals surface area contributed by atoms with Gasteiger partial charge in [-0.25, -0.2) is 4.39 Å². The molecule has 19 heavy (non-hydrogen) atoms. The zero-order valence-electron chi connectivity index (χ0n) is 11.6. The van der Waals surface area contributed by atoms with Gasteiger partial charge in [-0.3, -0.25) is 4.90 Å². The number of benzene rings is 1. The summed E-state index contributed by atoms with van der Waals surface area (Å²) in [5, 5.41) is 9.08. The molecule has 0 spiro atoms. The van der Waals surface area contributed by atoms with Crippen molar-refractivity contribution in [3.05, 3.63) is 35.1 Å². The maximum absolute atomic E-state index is 13.3. The van der Waals surface area contributed by atoms with Crippen molar-refractivity contribution in [2.45, 2.75) is 25.4 Å². The van der Waals surface area contributed by atoms with E-state index < -0.39 is 0 Å². The van der Waals surface area contributed by atoms with Crippen LogP contribution in [0.4, 0.5) is 4.39 Å². The highest BCUT2D eigenvalue weighted by Gasteiger charge is 2.21. The molecule has 1 fully saturated rings. The first-order valence-corrected chi connectivity index (χ1v) is 6.67. The fourth-order valence-electron chi connectivity index (χ4n) is 2.70. The molecule has 0 saturated carbocycles. The van der Waals surface area contributed by atoms with Gasteiger partial charge in [0.05, 0.1) is 11.6 Å². The van der Waals surface area contributed by atoms with Gasteiger partial charge in [0.15, 0.2) is 0 Å². The number of likely N-dealkylation sites (N-methyl/N-ethyl adjacent to an activating group) is 2. The SMILES string of the molecule is CN1CCCC(N(C)Cc2cc(F)ccc2C#N)C1. The van der Waals surface area contributed by atoms with Crippen molar-refractivity contribution in [3.63, 3.8) is 0 Å². The Kier molecular flexibility index (Phi) is 4.52. The van der Waals surface area contributed by atoms with Crippen molar-refractivity contribution in [1.29, 1.82) is 5.26 Å². The number of hydrogen-bond donors (Lipinski definition) is 0. The molecule has 2 rings (SSSR count). The number of nitrogens with zero attached hydrogens (tertiary/aromatic N) is 3. The predicted octanol–water partition coefficient (Wildman–Crippen LogP) is 2.22. The van der Waals surface area contributed by atoms with Gasteiger partial charge in [-0.15, -0.1) is 0 Å². The highest BCUT2D eigenvalue weighted by Crippen LogP contribution is 2.18. The third-order valence-corrected chi connectivity index (χ3v) is 3.83. The van der Waals surface area contributed by atoms with Gasteiger partial charge in [0.2, 0.25) is 0 Å². The van der Waals surface area contributed by atoms with Gasteiger partial charge in [0.25, 0.3) is 0 Å². The lowest BCUT2D eigenvalue weighted by molar-refractivity contribution is 0.129. The van der Waals surface area contributed by atoms with E-state index in [1.165, 1.54) is 18.6 Å². The molecule has 1 saturated heterocycles. The van der Waals surface area contributed by atoms with Gasteiger partial charge in [0, 0.05) is 19.1 Å². The topological polar surface area (TPSA) is 30.3 Å². The van der Waals surface area contributed by atoms with E-state index in [0.29, 0.717) is 18.2 Å². The van der Waals surface area contributed by atoms with Crippen LogP contribution in [0.2, 0.25) is 0 Å². The number of hydrogen-bond acceptors (Lipinski definition) is 3. The molecule has 1 atom stereocenters. The summed E-state index contributed by atoms with van der Waals surface area (Å²) in [5.41, 5.74) is 1.34. The number of likely N-dealkylation sites (tertiary alicyclic amines) is 1. The molecule has 1 aliphatic rings. The van der Waals surface area contributed by atoms with Gasteiger partial charge >= 0.3 is 0 Å². The molecule has 1 heterocycles. The minimum Gasteiger partial charge on any atom is -0.305 e. The molecule has 3 nitrogen and oxygen atoms in total. The maximum Gasteiger partial charge on any atom is 0.123 e. The zero-order valence-corrected chi connectivity index (χ0v) is 11.6. The molecule has 1 unspecified atom stereocenters. The van der Waals surface area contributed by atoms with Crippen LogP contribution in [0.3, 0.4) is 0 Å². The first-order chi connectivity index (χ1) is 9.10. The predicted molar refractivity (Wildman–Crippen MR) is 73.1 cm³/mol. The van der Waals surface area contributed by atoms with Crippen LogP contribution in [0.25, 0.3) is 0 Å². The summed E-state index contributed by atoms with van der Waals surface area (Å²) in [6.45, 7) is 2.81. The second-order valence-electron chi connectivity index (χ2n) is 5.39. The molecule has 102 valence electrons. The van der Waals surface area contributed by atoms with E-state index in [-0.39, 0.29) is 5.82 Å². The van der Waals surface area contributed by atoms with E-state index in [4.69, 9.17) is 5.26 Å². The lowest BCUT2D eigenvalue weighted by atomic mass is 10.0. The highest BCUT2D eigenvalue weighted by molar-refractivity contribution is 5.37. The molecule has 1 aromatic carbocycles. The normalized spacial score (nSPS) is 20.5. The molecule has 0 bridgehead atoms. The number of halogens is 1. The molecule has 4 heteroatoms. The summed E-state index contributed by atoms with van der Waals surface area (Å²) in [5.74, 6) is -0.275. The van der Waals surface area contributed by atoms with E-state index in [1.54, 1.807) is 6.07 Å². The Balaban J connectivity index is 2.08. The summed E-state index contributed by atoms with van der Waals surface area (Å²) in [4.78, 5) is 4.55. The fourth-order valence-corrected chi connectivity index (χ4v) is 2.70. The minimum atomic E-state index is -0.275. The molecule has 0 aromatic heterocycles. The molecular formula is C15H20FN3. The van der Waals surface area contributed by atoms with E-state index in [9.17, 15) is 4.39 Å². The Morgan fingerprint density at radius 1 is 1.53 bits per heavy atom. The molecule has 0 N–H and O–H groups in total. The van der Waals surface area contributed by atoms with Crippen LogP contribution in [0.15, 0.2) is 18.2 Å². The smallest absolute Gasteiger partial charge is 0.123 e. The quantitative estimate of drug-likeness (QED) is 0.836. The summed E-state index contributed by atoms with van der Waals surface area (Å²) < 4.78 is 13.3. The largest absolute Gasteiger partial charge is 0.305 e. The van der Waals surface area contributed by atoms with Crippen molar-refractivity contribution in [2.75, 3.05) is 27.2 Å². The lowest BCUT2D eigenvalue weighted by Gasteiger charge is -2.36. The molecule has 1 aliphatic heterocycles. The van der Waals surface area contributed by atoms with E-state index in [1.807, 2.05) is 0 Å². The van der Waals surface area contributed by atoms with Gasteiger partial charge < -0.3 is 4.90 Å². The zero-order chi connectivity index (χ0) is 13.8. The Hall–Kier alpha value is -1.44. The highest BCUT2D eigenvalue weighted by atomic mass is 19.1. The third kappa shape index (κ3) is 3.52. The Bertz CT molecular complexity index is 481. The Morgan fingerprint density at radius 2 is 2.32 bits per heavy atom. The summed E-state index contributed by atoms with van der Waals surface area (Å²) in [6, 6.07) is 6.99. The third-order valence-electron chi connectivity index (χ3n) is 3.83. The average Bonchev–Trinajstić information content (AvgIpc) is 2.39. The van der Waals surface area contributed by atoms with Crippen LogP contribution in [0.1, 0.15) is 24.0 Å². The summed E-state index contributed by atoms with van der Waals surface area (Å²) >= 11 is 0. The van der Waals surface area contributed by atoms with Crippen molar-refractivity contribution >= 4 is 0 Å². The first-order valence-electron chi connectivity index (χ1n) is 6.67. The first kappa shape index (κ1) is 14.0. The summed E-state index contributed by atoms with van der Waals surface area (Å²) in [6.07, 6.45) is 2.36. The standard InChI is InChI=1S/C15H20FN3/c1-18-7-3-4-15(11-18)19(2)10-13-8-14(16)6-5-12(13)9-17/h5-6,8,15H,3-4,7,10-11H2,1-2H3. The van der Waals surface area contributed by atoms with Crippen LogP contribution in [0.5, 0.6) is 0 Å². The molecule has 0 radical (unpaired) electrons. The number of rotatable bonds is 3. The second kappa shape index (κ2) is 6.14. The van der Waals surface area contributed by atoms with Crippen LogP contribution < -0.4 is 0 Å². The van der Waals surface area contributed by atoms with Crippen molar-refractivity contribution in [2.24, 2.45) is 0 Å². The molecule has 1 aromatic rings. The number of nitriles is 1. The van der Waals surface area contributed by atoms with Gasteiger partial charge in [-0.1, -0.05) is 0 Å². The van der Waals surface area contributed by atoms with E-state index in [0.717, 1.165) is 25.1 Å². The van der Waals surface area contributed by atoms with Gasteiger partial charge in [-0.05, 0) is 57.2 Å². The van der Waals surface area contributed by atoms with Crippen LogP contribution >= 0.6 is 0 Å².